The molecular weight excluding hydrogens is 328 g/mol. The summed E-state index contributed by atoms with van der Waals surface area (Å²) in [6.07, 6.45) is -0.842. The maximum absolute atomic E-state index is 12.3. The van der Waals surface area contributed by atoms with E-state index < -0.39 is 36.0 Å². The minimum Gasteiger partial charge on any atom is -0.450 e. The Labute approximate surface area is 144 Å². The average molecular weight is 346 g/mol. The normalized spacial score (nSPS) is 22.6. The van der Waals surface area contributed by atoms with Gasteiger partial charge in [0.2, 0.25) is 5.91 Å². The summed E-state index contributed by atoms with van der Waals surface area (Å²) in [6.45, 7) is 0.487. The first-order valence-electron chi connectivity index (χ1n) is 8.06. The molecule has 0 aliphatic carbocycles. The third-order valence-electron chi connectivity index (χ3n) is 4.15. The molecule has 0 radical (unpaired) electrons. The van der Waals surface area contributed by atoms with Crippen LogP contribution in [0.15, 0.2) is 30.3 Å². The van der Waals surface area contributed by atoms with Gasteiger partial charge in [-0.2, -0.15) is 0 Å². The number of carbonyl (C=O) groups is 4. The number of imide groups is 1. The highest BCUT2D eigenvalue weighted by Crippen LogP contribution is 2.21. The summed E-state index contributed by atoms with van der Waals surface area (Å²) in [5, 5.41) is 2.07. The van der Waals surface area contributed by atoms with E-state index in [-0.39, 0.29) is 13.0 Å². The molecule has 3 rings (SSSR count). The molecule has 2 atom stereocenters. The van der Waals surface area contributed by atoms with Crippen LogP contribution in [-0.4, -0.2) is 47.5 Å². The van der Waals surface area contributed by atoms with Crippen molar-refractivity contribution in [1.82, 2.24) is 10.2 Å². The van der Waals surface area contributed by atoms with E-state index in [4.69, 9.17) is 9.47 Å². The molecule has 0 spiro atoms. The molecule has 8 heteroatoms. The Bertz CT molecular complexity index is 690. The third kappa shape index (κ3) is 3.96. The number of carbonyl (C=O) groups excluding carboxylic acids is 4. The number of rotatable bonds is 4. The van der Waals surface area contributed by atoms with E-state index in [9.17, 15) is 19.2 Å². The summed E-state index contributed by atoms with van der Waals surface area (Å²) in [5.74, 6) is -1.80. The Morgan fingerprint density at radius 1 is 1.20 bits per heavy atom. The van der Waals surface area contributed by atoms with Crippen LogP contribution >= 0.6 is 0 Å². The standard InChI is InChI=1S/C17H18N2O6/c20-14-9-13(15(21)18-14)25-16(22)12-7-4-8-19(12)17(23)24-10-11-5-2-1-3-6-11/h1-3,5-6,12-13H,4,7-10H2,(H,18,20,21)/t12-,13+/m0/s1. The van der Waals surface area contributed by atoms with E-state index in [1.807, 2.05) is 30.3 Å². The van der Waals surface area contributed by atoms with Gasteiger partial charge in [0, 0.05) is 6.54 Å². The van der Waals surface area contributed by atoms with Crippen molar-refractivity contribution in [2.24, 2.45) is 0 Å². The third-order valence-corrected chi connectivity index (χ3v) is 4.15. The topological polar surface area (TPSA) is 102 Å². The molecule has 1 N–H and O–H groups in total. The summed E-state index contributed by atoms with van der Waals surface area (Å²) < 4.78 is 10.3. The molecule has 2 aliphatic rings. The van der Waals surface area contributed by atoms with Crippen LogP contribution in [0.5, 0.6) is 0 Å². The SMILES string of the molecule is O=C1C[C@@H](OC(=O)[C@@H]2CCCN2C(=O)OCc2ccccc2)C(=O)N1. The van der Waals surface area contributed by atoms with Crippen LogP contribution in [0.25, 0.3) is 0 Å². The number of benzene rings is 1. The van der Waals surface area contributed by atoms with Gasteiger partial charge >= 0.3 is 12.1 Å². The monoisotopic (exact) mass is 346 g/mol. The number of esters is 1. The van der Waals surface area contributed by atoms with E-state index in [0.29, 0.717) is 19.4 Å². The Kier molecular flexibility index (Phi) is 4.97. The zero-order valence-corrected chi connectivity index (χ0v) is 13.5. The van der Waals surface area contributed by atoms with Crippen LogP contribution in [0.1, 0.15) is 24.8 Å². The van der Waals surface area contributed by atoms with Crippen LogP contribution < -0.4 is 5.32 Å². The van der Waals surface area contributed by atoms with Crippen molar-refractivity contribution >= 4 is 23.9 Å². The Hall–Kier alpha value is -2.90. The van der Waals surface area contributed by atoms with Crippen LogP contribution in [-0.2, 0) is 30.5 Å². The van der Waals surface area contributed by atoms with Gasteiger partial charge in [-0.05, 0) is 18.4 Å². The van der Waals surface area contributed by atoms with Gasteiger partial charge in [-0.25, -0.2) is 9.59 Å². The van der Waals surface area contributed by atoms with Gasteiger partial charge in [0.15, 0.2) is 6.10 Å². The second-order valence-electron chi connectivity index (χ2n) is 5.93. The van der Waals surface area contributed by atoms with E-state index in [2.05, 4.69) is 5.32 Å². The first-order valence-corrected chi connectivity index (χ1v) is 8.06. The van der Waals surface area contributed by atoms with Crippen molar-refractivity contribution in [2.45, 2.75) is 38.0 Å². The van der Waals surface area contributed by atoms with E-state index >= 15 is 0 Å². The molecule has 2 heterocycles. The van der Waals surface area contributed by atoms with Crippen molar-refractivity contribution in [3.63, 3.8) is 0 Å². The predicted molar refractivity (Wildman–Crippen MR) is 84.0 cm³/mol. The maximum Gasteiger partial charge on any atom is 0.410 e. The van der Waals surface area contributed by atoms with E-state index in [0.717, 1.165) is 5.56 Å². The maximum atomic E-state index is 12.3. The molecule has 0 bridgehead atoms. The molecule has 25 heavy (non-hydrogen) atoms. The molecule has 0 saturated carbocycles. The first-order chi connectivity index (χ1) is 12.0. The van der Waals surface area contributed by atoms with Gasteiger partial charge in [0.25, 0.3) is 5.91 Å². The number of likely N-dealkylation sites (tertiary alicyclic amines) is 1. The minimum atomic E-state index is -1.12. The van der Waals surface area contributed by atoms with Crippen LogP contribution in [0, 0.1) is 0 Å². The Balaban J connectivity index is 1.56. The molecule has 0 aromatic heterocycles. The second-order valence-corrected chi connectivity index (χ2v) is 5.93. The van der Waals surface area contributed by atoms with Crippen LogP contribution in [0.2, 0.25) is 0 Å². The smallest absolute Gasteiger partial charge is 0.410 e. The molecule has 0 unspecified atom stereocenters. The Morgan fingerprint density at radius 3 is 2.64 bits per heavy atom. The fourth-order valence-electron chi connectivity index (χ4n) is 2.88. The molecule has 1 aromatic carbocycles. The van der Waals surface area contributed by atoms with Crippen molar-refractivity contribution < 1.29 is 28.7 Å². The Morgan fingerprint density at radius 2 is 1.96 bits per heavy atom. The summed E-state index contributed by atoms with van der Waals surface area (Å²) in [6, 6.07) is 8.41. The van der Waals surface area contributed by atoms with Crippen molar-refractivity contribution in [3.8, 4) is 0 Å². The quantitative estimate of drug-likeness (QED) is 0.637. The summed E-state index contributed by atoms with van der Waals surface area (Å²) >= 11 is 0. The molecule has 1 aromatic rings. The van der Waals surface area contributed by atoms with Crippen molar-refractivity contribution in [3.05, 3.63) is 35.9 Å². The van der Waals surface area contributed by atoms with Crippen LogP contribution in [0.4, 0.5) is 4.79 Å². The minimum absolute atomic E-state index is 0.109. The molecule has 2 aliphatic heterocycles. The van der Waals surface area contributed by atoms with E-state index in [1.165, 1.54) is 4.90 Å². The number of hydrogen-bond acceptors (Lipinski definition) is 6. The highest BCUT2D eigenvalue weighted by molar-refractivity contribution is 6.05. The van der Waals surface area contributed by atoms with Gasteiger partial charge in [-0.1, -0.05) is 30.3 Å². The summed E-state index contributed by atoms with van der Waals surface area (Å²) in [7, 11) is 0. The fraction of sp³-hybridized carbons (Fsp3) is 0.412. The number of nitrogens with zero attached hydrogens (tertiary/aromatic N) is 1. The highest BCUT2D eigenvalue weighted by atomic mass is 16.6. The van der Waals surface area contributed by atoms with Gasteiger partial charge < -0.3 is 9.47 Å². The lowest BCUT2D eigenvalue weighted by Crippen LogP contribution is -2.43. The molecular formula is C17H18N2O6. The molecule has 132 valence electrons. The summed E-state index contributed by atoms with van der Waals surface area (Å²) in [4.78, 5) is 48.5. The lowest BCUT2D eigenvalue weighted by molar-refractivity contribution is -0.158. The second kappa shape index (κ2) is 7.33. The van der Waals surface area contributed by atoms with Gasteiger partial charge in [-0.3, -0.25) is 19.8 Å². The predicted octanol–water partition coefficient (Wildman–Crippen LogP) is 0.746. The first kappa shape index (κ1) is 16.9. The largest absolute Gasteiger partial charge is 0.450 e. The lowest BCUT2D eigenvalue weighted by atomic mass is 10.2. The fourth-order valence-corrected chi connectivity index (χ4v) is 2.88. The van der Waals surface area contributed by atoms with E-state index in [1.54, 1.807) is 0 Å². The number of hydrogen-bond donors (Lipinski definition) is 1. The molecule has 3 amide bonds. The number of nitrogens with one attached hydrogen (secondary N) is 1. The average Bonchev–Trinajstić information content (AvgIpc) is 3.20. The van der Waals surface area contributed by atoms with Crippen LogP contribution in [0.3, 0.4) is 0 Å². The zero-order chi connectivity index (χ0) is 17.8. The van der Waals surface area contributed by atoms with Crippen molar-refractivity contribution in [1.29, 1.82) is 0 Å². The number of amides is 3. The van der Waals surface area contributed by atoms with Crippen molar-refractivity contribution in [2.75, 3.05) is 6.54 Å². The van der Waals surface area contributed by atoms with Gasteiger partial charge in [0.05, 0.1) is 6.42 Å². The lowest BCUT2D eigenvalue weighted by Gasteiger charge is -2.23. The zero-order valence-electron chi connectivity index (χ0n) is 13.5. The molecule has 2 saturated heterocycles. The number of ether oxygens (including phenoxy) is 2. The highest BCUT2D eigenvalue weighted by Gasteiger charge is 2.40. The van der Waals surface area contributed by atoms with Gasteiger partial charge in [0.1, 0.15) is 12.6 Å². The molecule has 2 fully saturated rings. The molecule has 8 nitrogen and oxygen atoms in total. The van der Waals surface area contributed by atoms with Gasteiger partial charge in [-0.15, -0.1) is 0 Å². The summed E-state index contributed by atoms with van der Waals surface area (Å²) in [5.41, 5.74) is 0.843.